The molecule has 1 heterocycles. The number of hydrogen-bond acceptors (Lipinski definition) is 6. The Morgan fingerprint density at radius 2 is 1.79 bits per heavy atom. The summed E-state index contributed by atoms with van der Waals surface area (Å²) >= 11 is 0. The molecule has 12 heteroatoms. The lowest BCUT2D eigenvalue weighted by atomic mass is 10.1. The average molecular weight is 470 g/mol. The van der Waals surface area contributed by atoms with E-state index in [-0.39, 0.29) is 23.8 Å². The minimum absolute atomic E-state index is 0.131. The third kappa shape index (κ3) is 9.64. The van der Waals surface area contributed by atoms with Gasteiger partial charge < -0.3 is 37.0 Å². The van der Waals surface area contributed by atoms with Gasteiger partial charge in [0, 0.05) is 18.6 Å². The van der Waals surface area contributed by atoms with E-state index in [1.807, 2.05) is 20.8 Å². The number of likely N-dealkylation sites (tertiary alicyclic amines) is 1. The van der Waals surface area contributed by atoms with Gasteiger partial charge in [-0.1, -0.05) is 0 Å². The van der Waals surface area contributed by atoms with Crippen molar-refractivity contribution in [2.24, 2.45) is 5.73 Å². The molecular formula is C21H39N7O5. The third-order valence-corrected chi connectivity index (χ3v) is 5.21. The Morgan fingerprint density at radius 3 is 2.33 bits per heavy atom. The van der Waals surface area contributed by atoms with Crippen LogP contribution in [0.5, 0.6) is 0 Å². The number of carbonyl (C=O) groups excluding carboxylic acids is 3. The van der Waals surface area contributed by atoms with E-state index in [4.69, 9.17) is 11.1 Å². The number of nitrogens with one attached hydrogen (secondary N) is 5. The van der Waals surface area contributed by atoms with Gasteiger partial charge in [0.1, 0.15) is 18.1 Å². The largest absolute Gasteiger partial charge is 0.480 e. The Balaban J connectivity index is 2.65. The SMILES string of the molecule is C[C@H](NC(=O)[C@@H]1CCCN1C(=O)[C@H](C)NC(C)(C)C)C(=O)N[C@@H](CCCNC(=N)N)C(=O)O. The number of aliphatic carboxylic acids is 1. The molecule has 188 valence electrons. The van der Waals surface area contributed by atoms with Crippen molar-refractivity contribution in [3.8, 4) is 0 Å². The van der Waals surface area contributed by atoms with Crippen LogP contribution < -0.4 is 27.0 Å². The highest BCUT2D eigenvalue weighted by Crippen LogP contribution is 2.19. The number of guanidine groups is 1. The molecule has 0 radical (unpaired) electrons. The summed E-state index contributed by atoms with van der Waals surface area (Å²) in [7, 11) is 0. The van der Waals surface area contributed by atoms with Gasteiger partial charge in [-0.3, -0.25) is 19.8 Å². The topological polar surface area (TPSA) is 190 Å². The summed E-state index contributed by atoms with van der Waals surface area (Å²) < 4.78 is 0. The van der Waals surface area contributed by atoms with Gasteiger partial charge in [0.15, 0.2) is 5.96 Å². The second kappa shape index (κ2) is 12.4. The van der Waals surface area contributed by atoms with Crippen LogP contribution in [0.15, 0.2) is 0 Å². The highest BCUT2D eigenvalue weighted by molar-refractivity contribution is 5.94. The molecule has 0 aromatic heterocycles. The molecule has 33 heavy (non-hydrogen) atoms. The molecule has 1 aliphatic rings. The lowest BCUT2D eigenvalue weighted by Gasteiger charge is -2.31. The first-order valence-electron chi connectivity index (χ1n) is 11.2. The van der Waals surface area contributed by atoms with Gasteiger partial charge >= 0.3 is 5.97 Å². The maximum atomic E-state index is 12.9. The van der Waals surface area contributed by atoms with E-state index in [9.17, 15) is 24.3 Å². The van der Waals surface area contributed by atoms with E-state index in [1.54, 1.807) is 6.92 Å². The van der Waals surface area contributed by atoms with Crippen molar-refractivity contribution in [3.05, 3.63) is 0 Å². The first-order chi connectivity index (χ1) is 15.2. The summed E-state index contributed by atoms with van der Waals surface area (Å²) in [6, 6.07) is -3.25. The average Bonchev–Trinajstić information content (AvgIpc) is 3.17. The van der Waals surface area contributed by atoms with Crippen molar-refractivity contribution in [3.63, 3.8) is 0 Å². The molecule has 1 aliphatic heterocycles. The zero-order chi connectivity index (χ0) is 25.3. The number of carboxylic acid groups (broad SMARTS) is 1. The molecule has 1 fully saturated rings. The van der Waals surface area contributed by atoms with Crippen molar-refractivity contribution < 1.29 is 24.3 Å². The van der Waals surface area contributed by atoms with Gasteiger partial charge in [0.25, 0.3) is 0 Å². The fraction of sp³-hybridized carbons (Fsp3) is 0.762. The lowest BCUT2D eigenvalue weighted by Crippen LogP contribution is -2.57. The number of nitrogens with zero attached hydrogens (tertiary/aromatic N) is 1. The van der Waals surface area contributed by atoms with E-state index >= 15 is 0 Å². The fourth-order valence-electron chi connectivity index (χ4n) is 3.72. The highest BCUT2D eigenvalue weighted by atomic mass is 16.4. The molecule has 8 N–H and O–H groups in total. The molecule has 0 aliphatic carbocycles. The molecule has 0 bridgehead atoms. The summed E-state index contributed by atoms with van der Waals surface area (Å²) in [6.07, 6.45) is 1.68. The smallest absolute Gasteiger partial charge is 0.326 e. The van der Waals surface area contributed by atoms with E-state index in [0.29, 0.717) is 32.4 Å². The zero-order valence-corrected chi connectivity index (χ0v) is 20.2. The monoisotopic (exact) mass is 469 g/mol. The van der Waals surface area contributed by atoms with Crippen molar-refractivity contribution in [1.29, 1.82) is 5.41 Å². The van der Waals surface area contributed by atoms with Crippen molar-refractivity contribution in [2.45, 2.75) is 90.0 Å². The van der Waals surface area contributed by atoms with Crippen LogP contribution in [0, 0.1) is 5.41 Å². The minimum atomic E-state index is -1.20. The molecule has 1 rings (SSSR count). The third-order valence-electron chi connectivity index (χ3n) is 5.21. The van der Waals surface area contributed by atoms with Gasteiger partial charge in [0.05, 0.1) is 6.04 Å². The first-order valence-corrected chi connectivity index (χ1v) is 11.2. The lowest BCUT2D eigenvalue weighted by molar-refractivity contribution is -0.143. The molecular weight excluding hydrogens is 430 g/mol. The zero-order valence-electron chi connectivity index (χ0n) is 20.2. The minimum Gasteiger partial charge on any atom is -0.480 e. The van der Waals surface area contributed by atoms with Crippen LogP contribution in [0.25, 0.3) is 0 Å². The predicted octanol–water partition coefficient (Wildman–Crippen LogP) is -0.909. The summed E-state index contributed by atoms with van der Waals surface area (Å²) in [5, 5.41) is 27.2. The summed E-state index contributed by atoms with van der Waals surface area (Å²) in [4.78, 5) is 51.1. The van der Waals surface area contributed by atoms with Crippen molar-refractivity contribution in [1.82, 2.24) is 26.2 Å². The Hall–Kier alpha value is -2.89. The number of rotatable bonds is 11. The quantitative estimate of drug-likeness (QED) is 0.115. The standard InChI is InChI=1S/C21H39N7O5/c1-12(16(29)26-14(19(32)33)8-6-10-24-20(22)23)25-17(30)15-9-7-11-28(15)18(31)13(2)27-21(3,4)5/h12-15,27H,6-11H2,1-5H3,(H,25,30)(H,26,29)(H,32,33)(H4,22,23,24)/t12-,13-,14-,15-/m0/s1. The molecule has 0 saturated carbocycles. The molecule has 0 spiro atoms. The number of carboxylic acids is 1. The molecule has 0 aromatic carbocycles. The Kier molecular flexibility index (Phi) is 10.6. The van der Waals surface area contributed by atoms with Crippen molar-refractivity contribution >= 4 is 29.7 Å². The summed E-state index contributed by atoms with van der Waals surface area (Å²) in [6.45, 7) is 9.85. The van der Waals surface area contributed by atoms with E-state index in [0.717, 1.165) is 0 Å². The van der Waals surface area contributed by atoms with Crippen LogP contribution in [0.1, 0.15) is 60.3 Å². The van der Waals surface area contributed by atoms with Crippen LogP contribution in [0.2, 0.25) is 0 Å². The number of nitrogens with two attached hydrogens (primary N) is 1. The second-order valence-electron chi connectivity index (χ2n) is 9.42. The summed E-state index contributed by atoms with van der Waals surface area (Å²) in [5.41, 5.74) is 4.92. The maximum Gasteiger partial charge on any atom is 0.326 e. The first kappa shape index (κ1) is 28.1. The molecule has 4 atom stereocenters. The van der Waals surface area contributed by atoms with E-state index < -0.39 is 42.0 Å². The molecule has 12 nitrogen and oxygen atoms in total. The van der Waals surface area contributed by atoms with E-state index in [1.165, 1.54) is 11.8 Å². The van der Waals surface area contributed by atoms with Crippen LogP contribution in [0.3, 0.4) is 0 Å². The summed E-state index contributed by atoms with van der Waals surface area (Å²) in [5.74, 6) is -2.66. The van der Waals surface area contributed by atoms with Crippen LogP contribution in [0.4, 0.5) is 0 Å². The normalized spacial score (nSPS) is 18.7. The van der Waals surface area contributed by atoms with Crippen LogP contribution >= 0.6 is 0 Å². The number of hydrogen-bond donors (Lipinski definition) is 7. The second-order valence-corrected chi connectivity index (χ2v) is 9.42. The van der Waals surface area contributed by atoms with Gasteiger partial charge in [-0.15, -0.1) is 0 Å². The van der Waals surface area contributed by atoms with Gasteiger partial charge in [-0.2, -0.15) is 0 Å². The fourth-order valence-corrected chi connectivity index (χ4v) is 3.72. The van der Waals surface area contributed by atoms with Crippen molar-refractivity contribution in [2.75, 3.05) is 13.1 Å². The highest BCUT2D eigenvalue weighted by Gasteiger charge is 2.37. The maximum absolute atomic E-state index is 12.9. The van der Waals surface area contributed by atoms with E-state index in [2.05, 4.69) is 21.3 Å². The Labute approximate surface area is 194 Å². The Bertz CT molecular complexity index is 737. The Morgan fingerprint density at radius 1 is 1.15 bits per heavy atom. The van der Waals surface area contributed by atoms with Crippen LogP contribution in [-0.2, 0) is 19.2 Å². The van der Waals surface area contributed by atoms with Gasteiger partial charge in [0.2, 0.25) is 17.7 Å². The van der Waals surface area contributed by atoms with Crippen LogP contribution in [-0.4, -0.2) is 82.5 Å². The predicted molar refractivity (Wildman–Crippen MR) is 123 cm³/mol. The molecule has 0 aromatic rings. The van der Waals surface area contributed by atoms with Gasteiger partial charge in [-0.05, 0) is 60.3 Å². The molecule has 1 saturated heterocycles. The molecule has 3 amide bonds. The van der Waals surface area contributed by atoms with Gasteiger partial charge in [-0.25, -0.2) is 4.79 Å². The molecule has 0 unspecified atom stereocenters. The number of amides is 3. The number of carbonyl (C=O) groups is 4.